The molecular formula is C6H11N2O. The van der Waals surface area contributed by atoms with E-state index in [1.165, 1.54) is 0 Å². The number of likely N-dealkylation sites (tertiary alicyclic amines) is 1. The van der Waals surface area contributed by atoms with Gasteiger partial charge >= 0.3 is 0 Å². The van der Waals surface area contributed by atoms with Crippen LogP contribution in [0.4, 0.5) is 0 Å². The van der Waals surface area contributed by atoms with Crippen LogP contribution in [-0.2, 0) is 4.79 Å². The molecule has 3 nitrogen and oxygen atoms in total. The Hall–Kier alpha value is -0.570. The fourth-order valence-electron chi connectivity index (χ4n) is 1.15. The highest BCUT2D eigenvalue weighted by Gasteiger charge is 2.23. The van der Waals surface area contributed by atoms with Gasteiger partial charge in [0.15, 0.2) is 0 Å². The molecule has 0 aliphatic carbocycles. The third-order valence-electron chi connectivity index (χ3n) is 1.76. The van der Waals surface area contributed by atoms with Gasteiger partial charge in [-0.3, -0.25) is 10.5 Å². The molecule has 1 unspecified atom stereocenters. The van der Waals surface area contributed by atoms with Gasteiger partial charge in [-0.2, -0.15) is 0 Å². The van der Waals surface area contributed by atoms with Gasteiger partial charge in [0.1, 0.15) is 0 Å². The molecule has 1 rings (SSSR count). The zero-order chi connectivity index (χ0) is 6.85. The minimum atomic E-state index is -0.403. The van der Waals surface area contributed by atoms with Crippen LogP contribution in [0.5, 0.6) is 0 Å². The van der Waals surface area contributed by atoms with Gasteiger partial charge < -0.3 is 4.90 Å². The number of carbonyl (C=O) groups excluding carboxylic acids is 1. The molecule has 3 heteroatoms. The van der Waals surface area contributed by atoms with E-state index in [9.17, 15) is 4.79 Å². The smallest absolute Gasteiger partial charge is 0.242 e. The molecule has 1 aliphatic rings. The van der Waals surface area contributed by atoms with Crippen molar-refractivity contribution in [2.24, 2.45) is 5.92 Å². The minimum Gasteiger partial charge on any atom is -0.306 e. The van der Waals surface area contributed by atoms with Gasteiger partial charge in [-0.05, 0) is 20.0 Å². The monoisotopic (exact) mass is 127 g/mol. The molecule has 1 fully saturated rings. The number of hydrogen-bond donors (Lipinski definition) is 0. The van der Waals surface area contributed by atoms with Crippen molar-refractivity contribution in [2.45, 2.75) is 6.42 Å². The van der Waals surface area contributed by atoms with E-state index in [0.717, 1.165) is 19.5 Å². The molecule has 0 aromatic heterocycles. The molecule has 1 aliphatic heterocycles. The second kappa shape index (κ2) is 2.35. The maximum atomic E-state index is 10.4. The lowest BCUT2D eigenvalue weighted by molar-refractivity contribution is -0.122. The Bertz CT molecular complexity index is 124. The zero-order valence-electron chi connectivity index (χ0n) is 5.55. The van der Waals surface area contributed by atoms with Gasteiger partial charge in [0.05, 0.1) is 5.92 Å². The largest absolute Gasteiger partial charge is 0.306 e. The van der Waals surface area contributed by atoms with Crippen LogP contribution < -0.4 is 5.73 Å². The van der Waals surface area contributed by atoms with Crippen LogP contribution in [0.15, 0.2) is 0 Å². The normalized spacial score (nSPS) is 28.8. The summed E-state index contributed by atoms with van der Waals surface area (Å²) in [5.74, 6) is -0.408. The van der Waals surface area contributed by atoms with E-state index in [1.54, 1.807) is 0 Å². The zero-order valence-corrected chi connectivity index (χ0v) is 5.55. The molecule has 1 atom stereocenters. The first-order valence-electron chi connectivity index (χ1n) is 3.14. The summed E-state index contributed by atoms with van der Waals surface area (Å²) >= 11 is 0. The van der Waals surface area contributed by atoms with Crippen molar-refractivity contribution in [3.8, 4) is 0 Å². The van der Waals surface area contributed by atoms with Crippen molar-refractivity contribution in [1.29, 1.82) is 0 Å². The van der Waals surface area contributed by atoms with E-state index in [2.05, 4.69) is 4.90 Å². The van der Waals surface area contributed by atoms with Crippen molar-refractivity contribution < 1.29 is 4.79 Å². The van der Waals surface area contributed by atoms with Crippen molar-refractivity contribution in [2.75, 3.05) is 20.1 Å². The van der Waals surface area contributed by atoms with E-state index < -0.39 is 5.91 Å². The van der Waals surface area contributed by atoms with Gasteiger partial charge in [0.25, 0.3) is 0 Å². The van der Waals surface area contributed by atoms with Crippen molar-refractivity contribution in [3.05, 3.63) is 0 Å². The number of rotatable bonds is 1. The lowest BCUT2D eigenvalue weighted by atomic mass is 10.1. The summed E-state index contributed by atoms with van der Waals surface area (Å²) in [6, 6.07) is 0. The van der Waals surface area contributed by atoms with Crippen molar-refractivity contribution in [3.63, 3.8) is 0 Å². The molecule has 0 aromatic rings. The van der Waals surface area contributed by atoms with Gasteiger partial charge in [0.2, 0.25) is 5.91 Å². The minimum absolute atomic E-state index is 0.00463. The highest BCUT2D eigenvalue weighted by molar-refractivity contribution is 5.76. The first-order chi connectivity index (χ1) is 4.20. The second-order valence-electron chi connectivity index (χ2n) is 2.61. The Morgan fingerprint density at radius 1 is 1.78 bits per heavy atom. The lowest BCUT2D eigenvalue weighted by Gasteiger charge is -2.04. The van der Waals surface area contributed by atoms with Gasteiger partial charge in [-0.15, -0.1) is 0 Å². The van der Waals surface area contributed by atoms with Crippen LogP contribution >= 0.6 is 0 Å². The number of amides is 1. The predicted octanol–water partition coefficient (Wildman–Crippen LogP) is -0.252. The number of nitrogens with zero attached hydrogens (tertiary/aromatic N) is 1. The van der Waals surface area contributed by atoms with Crippen molar-refractivity contribution >= 4 is 5.91 Å². The summed E-state index contributed by atoms with van der Waals surface area (Å²) in [6.45, 7) is 1.75. The summed E-state index contributed by atoms with van der Waals surface area (Å²) in [5, 5.41) is 0. The second-order valence-corrected chi connectivity index (χ2v) is 2.61. The van der Waals surface area contributed by atoms with Crippen LogP contribution in [0.3, 0.4) is 0 Å². The van der Waals surface area contributed by atoms with Gasteiger partial charge in [-0.1, -0.05) is 0 Å². The first kappa shape index (κ1) is 6.55. The van der Waals surface area contributed by atoms with Crippen LogP contribution in [0.1, 0.15) is 6.42 Å². The number of nitrogens with one attached hydrogen (secondary N) is 1. The Morgan fingerprint density at radius 3 is 2.67 bits per heavy atom. The molecule has 1 heterocycles. The van der Waals surface area contributed by atoms with Crippen molar-refractivity contribution in [1.82, 2.24) is 10.6 Å². The van der Waals surface area contributed by atoms with Crippen LogP contribution in [0.2, 0.25) is 0 Å². The van der Waals surface area contributed by atoms with E-state index in [1.807, 2.05) is 7.05 Å². The fourth-order valence-corrected chi connectivity index (χ4v) is 1.15. The molecular weight excluding hydrogens is 116 g/mol. The standard InChI is InChI=1S/C6H11N2O/c1-8-3-2-5(4-8)6(7)9/h5,7H,2-4H2,1H3. The summed E-state index contributed by atoms with van der Waals surface area (Å²) in [5.41, 5.74) is 6.80. The Labute approximate surface area is 54.8 Å². The molecule has 1 amide bonds. The topological polar surface area (TPSA) is 44.1 Å². The molecule has 9 heavy (non-hydrogen) atoms. The van der Waals surface area contributed by atoms with Gasteiger partial charge in [-0.25, -0.2) is 0 Å². The van der Waals surface area contributed by atoms with E-state index in [-0.39, 0.29) is 5.92 Å². The summed E-state index contributed by atoms with van der Waals surface area (Å²) in [7, 11) is 1.98. The SMILES string of the molecule is CN1CCC(C([NH])=O)C1. The fraction of sp³-hybridized carbons (Fsp3) is 0.833. The van der Waals surface area contributed by atoms with Crippen LogP contribution in [0, 0.1) is 5.92 Å². The maximum absolute atomic E-state index is 10.4. The molecule has 0 saturated carbocycles. The Balaban J connectivity index is 2.39. The third-order valence-corrected chi connectivity index (χ3v) is 1.76. The maximum Gasteiger partial charge on any atom is 0.242 e. The highest BCUT2D eigenvalue weighted by Crippen LogP contribution is 2.13. The molecule has 1 saturated heterocycles. The first-order valence-corrected chi connectivity index (χ1v) is 3.14. The predicted molar refractivity (Wildman–Crippen MR) is 33.7 cm³/mol. The Morgan fingerprint density at radius 2 is 2.44 bits per heavy atom. The summed E-state index contributed by atoms with van der Waals surface area (Å²) in [6.07, 6.45) is 0.874. The highest BCUT2D eigenvalue weighted by atomic mass is 16.1. The summed E-state index contributed by atoms with van der Waals surface area (Å²) < 4.78 is 0. The average molecular weight is 127 g/mol. The van der Waals surface area contributed by atoms with E-state index in [4.69, 9.17) is 5.73 Å². The van der Waals surface area contributed by atoms with Crippen LogP contribution in [0.25, 0.3) is 0 Å². The number of carbonyl (C=O) groups is 1. The van der Waals surface area contributed by atoms with Crippen LogP contribution in [-0.4, -0.2) is 30.9 Å². The molecule has 1 N–H and O–H groups in total. The van der Waals surface area contributed by atoms with E-state index in [0.29, 0.717) is 0 Å². The molecule has 1 radical (unpaired) electrons. The molecule has 51 valence electrons. The molecule has 0 aromatic carbocycles. The van der Waals surface area contributed by atoms with Gasteiger partial charge in [0, 0.05) is 6.54 Å². The van der Waals surface area contributed by atoms with E-state index >= 15 is 0 Å². The third kappa shape index (κ3) is 1.42. The molecule has 0 bridgehead atoms. The summed E-state index contributed by atoms with van der Waals surface area (Å²) in [4.78, 5) is 12.5. The number of hydrogen-bond acceptors (Lipinski definition) is 2. The lowest BCUT2D eigenvalue weighted by Crippen LogP contribution is -2.19. The quantitative estimate of drug-likeness (QED) is 0.487. The molecule has 0 spiro atoms. The average Bonchev–Trinajstić information content (AvgIpc) is 2.14. The Kier molecular flexibility index (Phi) is 1.71.